The smallest absolute Gasteiger partial charge is 0.157 e. The molecule has 1 unspecified atom stereocenters. The Morgan fingerprint density at radius 3 is 2.79 bits per heavy atom. The van der Waals surface area contributed by atoms with Gasteiger partial charge in [-0.25, -0.2) is 0 Å². The van der Waals surface area contributed by atoms with Crippen molar-refractivity contribution in [2.75, 3.05) is 18.6 Å². The van der Waals surface area contributed by atoms with Crippen LogP contribution in [0.2, 0.25) is 0 Å². The zero-order valence-electron chi connectivity index (χ0n) is 11.3. The average Bonchev–Trinajstić information content (AvgIpc) is 2.88. The molecule has 2 aliphatic rings. The van der Waals surface area contributed by atoms with Crippen molar-refractivity contribution in [2.45, 2.75) is 30.1 Å². The van der Waals surface area contributed by atoms with Crippen molar-refractivity contribution in [2.24, 2.45) is 4.99 Å². The van der Waals surface area contributed by atoms with Gasteiger partial charge in [0.05, 0.1) is 12.6 Å². The van der Waals surface area contributed by atoms with Crippen molar-refractivity contribution in [3.63, 3.8) is 0 Å². The maximum absolute atomic E-state index is 4.81. The van der Waals surface area contributed by atoms with Crippen LogP contribution in [0.25, 0.3) is 0 Å². The summed E-state index contributed by atoms with van der Waals surface area (Å²) in [4.78, 5) is 4.81. The summed E-state index contributed by atoms with van der Waals surface area (Å²) in [6.07, 6.45) is 6.26. The number of amidine groups is 1. The van der Waals surface area contributed by atoms with Gasteiger partial charge in [0, 0.05) is 10.5 Å². The summed E-state index contributed by atoms with van der Waals surface area (Å²) >= 11 is 3.86. The Balaban J connectivity index is 1.60. The van der Waals surface area contributed by atoms with E-state index in [0.29, 0.717) is 10.8 Å². The normalized spacial score (nSPS) is 27.0. The molecule has 1 N–H and O–H groups in total. The number of aliphatic imine (C=N–C) groups is 1. The van der Waals surface area contributed by atoms with Crippen LogP contribution in [0.1, 0.15) is 30.9 Å². The molecule has 1 aliphatic carbocycles. The minimum Gasteiger partial charge on any atom is -0.357 e. The Labute approximate surface area is 123 Å². The van der Waals surface area contributed by atoms with Gasteiger partial charge in [-0.1, -0.05) is 48.5 Å². The molecule has 0 radical (unpaired) electrons. The fraction of sp³-hybridized carbons (Fsp3) is 0.533. The number of hydrogen-bond donors (Lipinski definition) is 1. The Bertz CT molecular complexity index is 449. The van der Waals surface area contributed by atoms with Gasteiger partial charge in [-0.15, -0.1) is 0 Å². The molecule has 4 heteroatoms. The number of thioether (sulfide) groups is 2. The van der Waals surface area contributed by atoms with Crippen LogP contribution in [0.3, 0.4) is 0 Å². The highest BCUT2D eigenvalue weighted by molar-refractivity contribution is 8.14. The predicted octanol–water partition coefficient (Wildman–Crippen LogP) is 3.71. The van der Waals surface area contributed by atoms with Gasteiger partial charge in [-0.2, -0.15) is 11.8 Å². The molecule has 1 aliphatic heterocycles. The molecule has 1 atom stereocenters. The highest BCUT2D eigenvalue weighted by atomic mass is 32.2. The van der Waals surface area contributed by atoms with E-state index in [-0.39, 0.29) is 0 Å². The second-order valence-corrected chi connectivity index (χ2v) is 7.56. The monoisotopic (exact) mass is 292 g/mol. The number of rotatable bonds is 4. The summed E-state index contributed by atoms with van der Waals surface area (Å²) in [5.41, 5.74) is 1.36. The molecule has 0 bridgehead atoms. The number of nitrogens with zero attached hydrogens (tertiary/aromatic N) is 1. The second-order valence-electron chi connectivity index (χ2n) is 5.28. The molecule has 1 aromatic carbocycles. The van der Waals surface area contributed by atoms with Gasteiger partial charge in [-0.05, 0) is 24.7 Å². The van der Waals surface area contributed by atoms with Crippen LogP contribution in [-0.2, 0) is 0 Å². The van der Waals surface area contributed by atoms with E-state index in [1.165, 1.54) is 24.8 Å². The van der Waals surface area contributed by atoms with E-state index in [4.69, 9.17) is 4.99 Å². The SMILES string of the molecule is CSC1(CN=C2NC(c3ccccc3)CS2)CCC1. The lowest BCUT2D eigenvalue weighted by atomic mass is 9.84. The van der Waals surface area contributed by atoms with Crippen LogP contribution in [0.4, 0.5) is 0 Å². The van der Waals surface area contributed by atoms with Crippen molar-refractivity contribution in [1.82, 2.24) is 5.32 Å². The zero-order valence-corrected chi connectivity index (χ0v) is 12.9. The van der Waals surface area contributed by atoms with Crippen molar-refractivity contribution >= 4 is 28.7 Å². The number of nitrogens with one attached hydrogen (secondary N) is 1. The molecular weight excluding hydrogens is 272 g/mol. The van der Waals surface area contributed by atoms with Crippen LogP contribution < -0.4 is 5.32 Å². The fourth-order valence-corrected chi connectivity index (χ4v) is 4.44. The van der Waals surface area contributed by atoms with Crippen LogP contribution in [0.5, 0.6) is 0 Å². The van der Waals surface area contributed by atoms with Crippen LogP contribution in [0.15, 0.2) is 35.3 Å². The second kappa shape index (κ2) is 5.80. The lowest BCUT2D eigenvalue weighted by molar-refractivity contribution is 0.372. The van der Waals surface area contributed by atoms with E-state index in [1.807, 2.05) is 23.5 Å². The number of benzene rings is 1. The molecule has 0 aromatic heterocycles. The summed E-state index contributed by atoms with van der Waals surface area (Å²) < 4.78 is 0.445. The standard InChI is InChI=1S/C15H20N2S2/c1-18-15(8-5-9-15)11-16-14-17-13(10-19-14)12-6-3-2-4-7-12/h2-4,6-7,13H,5,8-11H2,1H3,(H,16,17). The molecule has 1 saturated heterocycles. The third-order valence-electron chi connectivity index (χ3n) is 4.09. The average molecular weight is 292 g/mol. The van der Waals surface area contributed by atoms with Gasteiger partial charge in [0.15, 0.2) is 5.17 Å². The minimum absolute atomic E-state index is 0.427. The molecule has 1 heterocycles. The van der Waals surface area contributed by atoms with E-state index in [1.54, 1.807) is 0 Å². The van der Waals surface area contributed by atoms with Crippen molar-refractivity contribution in [3.8, 4) is 0 Å². The van der Waals surface area contributed by atoms with Crippen LogP contribution in [-0.4, -0.2) is 28.5 Å². The lowest BCUT2D eigenvalue weighted by Gasteiger charge is -2.39. The van der Waals surface area contributed by atoms with Crippen molar-refractivity contribution in [3.05, 3.63) is 35.9 Å². The van der Waals surface area contributed by atoms with Crippen molar-refractivity contribution < 1.29 is 0 Å². The molecule has 2 fully saturated rings. The Kier molecular flexibility index (Phi) is 4.08. The molecule has 19 heavy (non-hydrogen) atoms. The molecule has 1 saturated carbocycles. The Morgan fingerprint density at radius 2 is 2.16 bits per heavy atom. The van der Waals surface area contributed by atoms with Crippen LogP contribution >= 0.6 is 23.5 Å². The first-order chi connectivity index (χ1) is 9.31. The summed E-state index contributed by atoms with van der Waals surface area (Å²) in [6, 6.07) is 11.1. The van der Waals surface area contributed by atoms with Gasteiger partial charge in [0.1, 0.15) is 0 Å². The first kappa shape index (κ1) is 13.4. The topological polar surface area (TPSA) is 24.4 Å². The lowest BCUT2D eigenvalue weighted by Crippen LogP contribution is -2.37. The molecular formula is C15H20N2S2. The third-order valence-corrected chi connectivity index (χ3v) is 6.52. The molecule has 2 nitrogen and oxygen atoms in total. The highest BCUT2D eigenvalue weighted by Crippen LogP contribution is 2.43. The predicted molar refractivity (Wildman–Crippen MR) is 87.2 cm³/mol. The highest BCUT2D eigenvalue weighted by Gasteiger charge is 2.36. The Morgan fingerprint density at radius 1 is 1.37 bits per heavy atom. The maximum Gasteiger partial charge on any atom is 0.157 e. The van der Waals surface area contributed by atoms with Gasteiger partial charge in [0.25, 0.3) is 0 Å². The van der Waals surface area contributed by atoms with Crippen LogP contribution in [0, 0.1) is 0 Å². The zero-order chi connectivity index (χ0) is 13.1. The maximum atomic E-state index is 4.81. The van der Waals surface area contributed by atoms with Gasteiger partial charge >= 0.3 is 0 Å². The van der Waals surface area contributed by atoms with Gasteiger partial charge < -0.3 is 5.32 Å². The van der Waals surface area contributed by atoms with Gasteiger partial charge in [0.2, 0.25) is 0 Å². The molecule has 102 valence electrons. The Hall–Kier alpha value is -0.610. The summed E-state index contributed by atoms with van der Waals surface area (Å²) in [7, 11) is 0. The van der Waals surface area contributed by atoms with E-state index < -0.39 is 0 Å². The van der Waals surface area contributed by atoms with E-state index in [9.17, 15) is 0 Å². The van der Waals surface area contributed by atoms with Gasteiger partial charge in [-0.3, -0.25) is 4.99 Å². The number of hydrogen-bond acceptors (Lipinski definition) is 3. The molecule has 0 spiro atoms. The largest absolute Gasteiger partial charge is 0.357 e. The third kappa shape index (κ3) is 2.95. The van der Waals surface area contributed by atoms with E-state index in [0.717, 1.165) is 17.5 Å². The minimum atomic E-state index is 0.427. The first-order valence-corrected chi connectivity index (χ1v) is 9.06. The quantitative estimate of drug-likeness (QED) is 0.915. The fourth-order valence-electron chi connectivity index (χ4n) is 2.56. The van der Waals surface area contributed by atoms with E-state index in [2.05, 4.69) is 41.9 Å². The van der Waals surface area contributed by atoms with E-state index >= 15 is 0 Å². The molecule has 1 aromatic rings. The van der Waals surface area contributed by atoms with Crippen molar-refractivity contribution in [1.29, 1.82) is 0 Å². The molecule has 0 amide bonds. The summed E-state index contributed by atoms with van der Waals surface area (Å²) in [5, 5.41) is 4.69. The summed E-state index contributed by atoms with van der Waals surface area (Å²) in [5.74, 6) is 1.09. The molecule has 3 rings (SSSR count). The first-order valence-electron chi connectivity index (χ1n) is 6.85. The summed E-state index contributed by atoms with van der Waals surface area (Å²) in [6.45, 7) is 0.977.